The normalized spacial score (nSPS) is 19.6. The molecule has 1 aromatic carbocycles. The molecule has 1 saturated heterocycles. The van der Waals surface area contributed by atoms with Crippen molar-refractivity contribution in [3.05, 3.63) is 29.6 Å². The number of amides is 1. The van der Waals surface area contributed by atoms with Crippen molar-refractivity contribution in [2.24, 2.45) is 0 Å². The van der Waals surface area contributed by atoms with Crippen molar-refractivity contribution in [3.63, 3.8) is 0 Å². The van der Waals surface area contributed by atoms with Gasteiger partial charge in [-0.3, -0.25) is 4.79 Å². The van der Waals surface area contributed by atoms with Crippen LogP contribution in [-0.2, 0) is 0 Å². The zero-order valence-corrected chi connectivity index (χ0v) is 11.0. The lowest BCUT2D eigenvalue weighted by molar-refractivity contribution is 0.0935. The van der Waals surface area contributed by atoms with Crippen LogP contribution in [0.4, 0.5) is 4.39 Å². The van der Waals surface area contributed by atoms with E-state index in [0.29, 0.717) is 5.56 Å². The lowest BCUT2D eigenvalue weighted by atomic mass is 10.1. The van der Waals surface area contributed by atoms with Gasteiger partial charge in [0.2, 0.25) is 0 Å². The molecular weight excluding hydrogens is 247 g/mol. The summed E-state index contributed by atoms with van der Waals surface area (Å²) in [6.07, 6.45) is 3.21. The fraction of sp³-hybridized carbons (Fsp3) is 0.500. The van der Waals surface area contributed by atoms with E-state index in [2.05, 4.69) is 10.6 Å². The van der Waals surface area contributed by atoms with Gasteiger partial charge in [0.15, 0.2) is 11.6 Å². The van der Waals surface area contributed by atoms with Gasteiger partial charge in [0, 0.05) is 18.2 Å². The zero-order valence-electron chi connectivity index (χ0n) is 11.0. The molecule has 2 rings (SSSR count). The van der Waals surface area contributed by atoms with Crippen LogP contribution in [0.5, 0.6) is 5.75 Å². The maximum absolute atomic E-state index is 13.3. The highest BCUT2D eigenvalue weighted by atomic mass is 19.1. The topological polar surface area (TPSA) is 50.4 Å². The molecule has 0 bridgehead atoms. The fourth-order valence-electron chi connectivity index (χ4n) is 2.21. The Balaban J connectivity index is 2.02. The van der Waals surface area contributed by atoms with Crippen molar-refractivity contribution in [2.75, 3.05) is 20.2 Å². The van der Waals surface area contributed by atoms with Gasteiger partial charge in [-0.25, -0.2) is 4.39 Å². The number of carbonyl (C=O) groups is 1. The van der Waals surface area contributed by atoms with E-state index in [1.807, 2.05) is 0 Å². The molecule has 4 nitrogen and oxygen atoms in total. The van der Waals surface area contributed by atoms with Crippen LogP contribution in [0, 0.1) is 5.82 Å². The number of hydrogen-bond acceptors (Lipinski definition) is 3. The minimum Gasteiger partial charge on any atom is -0.494 e. The molecule has 1 aliphatic rings. The Kier molecular flexibility index (Phi) is 4.74. The van der Waals surface area contributed by atoms with E-state index in [-0.39, 0.29) is 17.7 Å². The molecule has 1 fully saturated rings. The van der Waals surface area contributed by atoms with Crippen LogP contribution in [-0.4, -0.2) is 32.1 Å². The molecule has 19 heavy (non-hydrogen) atoms. The molecule has 0 aromatic heterocycles. The van der Waals surface area contributed by atoms with Crippen LogP contribution in [0.1, 0.15) is 29.6 Å². The van der Waals surface area contributed by atoms with Gasteiger partial charge in [-0.15, -0.1) is 0 Å². The van der Waals surface area contributed by atoms with Crippen molar-refractivity contribution < 1.29 is 13.9 Å². The van der Waals surface area contributed by atoms with E-state index >= 15 is 0 Å². The Morgan fingerprint density at radius 2 is 2.32 bits per heavy atom. The van der Waals surface area contributed by atoms with E-state index in [1.54, 1.807) is 0 Å². The Hall–Kier alpha value is -1.62. The number of benzene rings is 1. The van der Waals surface area contributed by atoms with Gasteiger partial charge in [-0.05, 0) is 37.6 Å². The third-order valence-electron chi connectivity index (χ3n) is 3.30. The maximum atomic E-state index is 13.3. The zero-order chi connectivity index (χ0) is 13.7. The third kappa shape index (κ3) is 3.67. The predicted molar refractivity (Wildman–Crippen MR) is 70.9 cm³/mol. The maximum Gasteiger partial charge on any atom is 0.251 e. The molecule has 1 heterocycles. The summed E-state index contributed by atoms with van der Waals surface area (Å²) in [5.74, 6) is -0.561. The van der Waals surface area contributed by atoms with Gasteiger partial charge in [0.05, 0.1) is 7.11 Å². The van der Waals surface area contributed by atoms with Crippen molar-refractivity contribution in [1.82, 2.24) is 10.6 Å². The first-order chi connectivity index (χ1) is 9.20. The number of ether oxygens (including phenoxy) is 1. The van der Waals surface area contributed by atoms with Gasteiger partial charge in [0.1, 0.15) is 0 Å². The highest BCUT2D eigenvalue weighted by Crippen LogP contribution is 2.18. The van der Waals surface area contributed by atoms with Gasteiger partial charge >= 0.3 is 0 Å². The van der Waals surface area contributed by atoms with Gasteiger partial charge in [0.25, 0.3) is 5.91 Å². The first-order valence-corrected chi connectivity index (χ1v) is 6.56. The SMILES string of the molecule is COc1cc(C(=O)NC2CCCCNC2)ccc1F. The molecule has 5 heteroatoms. The average Bonchev–Trinajstić information content (AvgIpc) is 2.68. The molecule has 1 aliphatic heterocycles. The van der Waals surface area contributed by atoms with E-state index in [4.69, 9.17) is 4.74 Å². The summed E-state index contributed by atoms with van der Waals surface area (Å²) in [6, 6.07) is 4.27. The van der Waals surface area contributed by atoms with Crippen LogP contribution in [0.15, 0.2) is 18.2 Å². The first kappa shape index (κ1) is 13.8. The highest BCUT2D eigenvalue weighted by Gasteiger charge is 2.16. The van der Waals surface area contributed by atoms with Gasteiger partial charge < -0.3 is 15.4 Å². The summed E-state index contributed by atoms with van der Waals surface area (Å²) < 4.78 is 18.2. The Morgan fingerprint density at radius 3 is 3.11 bits per heavy atom. The van der Waals surface area contributed by atoms with Gasteiger partial charge in [-0.2, -0.15) is 0 Å². The molecule has 0 radical (unpaired) electrons. The van der Waals surface area contributed by atoms with E-state index in [1.165, 1.54) is 25.3 Å². The molecule has 0 saturated carbocycles. The fourth-order valence-corrected chi connectivity index (χ4v) is 2.21. The van der Waals surface area contributed by atoms with Crippen LogP contribution in [0.2, 0.25) is 0 Å². The smallest absolute Gasteiger partial charge is 0.251 e. The van der Waals surface area contributed by atoms with Gasteiger partial charge in [-0.1, -0.05) is 6.42 Å². The van der Waals surface area contributed by atoms with E-state index in [9.17, 15) is 9.18 Å². The van der Waals surface area contributed by atoms with Crippen LogP contribution in [0.3, 0.4) is 0 Å². The highest BCUT2D eigenvalue weighted by molar-refractivity contribution is 5.94. The first-order valence-electron chi connectivity index (χ1n) is 6.56. The Labute approximate surface area is 112 Å². The molecule has 104 valence electrons. The second kappa shape index (κ2) is 6.52. The predicted octanol–water partition coefficient (Wildman–Crippen LogP) is 1.71. The molecule has 1 amide bonds. The monoisotopic (exact) mass is 266 g/mol. The largest absolute Gasteiger partial charge is 0.494 e. The molecule has 0 aliphatic carbocycles. The summed E-state index contributed by atoms with van der Waals surface area (Å²) in [4.78, 5) is 12.1. The average molecular weight is 266 g/mol. The second-order valence-corrected chi connectivity index (χ2v) is 4.72. The number of rotatable bonds is 3. The summed E-state index contributed by atoms with van der Waals surface area (Å²) in [5.41, 5.74) is 0.419. The summed E-state index contributed by atoms with van der Waals surface area (Å²) in [7, 11) is 1.38. The van der Waals surface area contributed by atoms with Crippen LogP contribution in [0.25, 0.3) is 0 Å². The number of hydrogen-bond donors (Lipinski definition) is 2. The Bertz CT molecular complexity index is 443. The number of halogens is 1. The summed E-state index contributed by atoms with van der Waals surface area (Å²) in [5, 5.41) is 6.25. The summed E-state index contributed by atoms with van der Waals surface area (Å²) >= 11 is 0. The van der Waals surface area contributed by atoms with Crippen molar-refractivity contribution in [3.8, 4) is 5.75 Å². The lowest BCUT2D eigenvalue weighted by Crippen LogP contribution is -2.40. The standard InChI is InChI=1S/C14H19FN2O2/c1-19-13-8-10(5-6-12(13)15)14(18)17-11-4-2-3-7-16-9-11/h5-6,8,11,16H,2-4,7,9H2,1H3,(H,17,18). The molecule has 0 spiro atoms. The van der Waals surface area contributed by atoms with Crippen molar-refractivity contribution >= 4 is 5.91 Å². The Morgan fingerprint density at radius 1 is 1.47 bits per heavy atom. The molecule has 1 aromatic rings. The minimum atomic E-state index is -0.463. The molecular formula is C14H19FN2O2. The molecule has 1 atom stereocenters. The lowest BCUT2D eigenvalue weighted by Gasteiger charge is -2.16. The van der Waals surface area contributed by atoms with Crippen LogP contribution < -0.4 is 15.4 Å². The molecule has 1 unspecified atom stereocenters. The van der Waals surface area contributed by atoms with E-state index < -0.39 is 5.82 Å². The minimum absolute atomic E-state index is 0.0895. The number of carbonyl (C=O) groups excluding carboxylic acids is 1. The molecule has 2 N–H and O–H groups in total. The number of methoxy groups -OCH3 is 1. The second-order valence-electron chi connectivity index (χ2n) is 4.72. The summed E-state index contributed by atoms with van der Waals surface area (Å²) in [6.45, 7) is 1.78. The third-order valence-corrected chi connectivity index (χ3v) is 3.30. The van der Waals surface area contributed by atoms with Crippen molar-refractivity contribution in [1.29, 1.82) is 0 Å². The van der Waals surface area contributed by atoms with Crippen LogP contribution >= 0.6 is 0 Å². The quantitative estimate of drug-likeness (QED) is 0.875. The van der Waals surface area contributed by atoms with Crippen molar-refractivity contribution in [2.45, 2.75) is 25.3 Å². The number of nitrogens with one attached hydrogen (secondary N) is 2. The van der Waals surface area contributed by atoms with E-state index in [0.717, 1.165) is 32.4 Å².